The second-order valence-electron chi connectivity index (χ2n) is 2.92. The molecule has 1 nitrogen and oxygen atoms in total. The molecule has 0 aliphatic heterocycles. The van der Waals surface area contributed by atoms with E-state index < -0.39 is 0 Å². The third-order valence-electron chi connectivity index (χ3n) is 2.00. The molecule has 0 bridgehead atoms. The molecule has 0 aromatic carbocycles. The fourth-order valence-electron chi connectivity index (χ4n) is 1.40. The van der Waals surface area contributed by atoms with Gasteiger partial charge < -0.3 is 0 Å². The fourth-order valence-corrected chi connectivity index (χ4v) is 1.40. The zero-order valence-electron chi connectivity index (χ0n) is 11.8. The lowest BCUT2D eigenvalue weighted by Crippen LogP contribution is -1.93. The summed E-state index contributed by atoms with van der Waals surface area (Å²) in [6.45, 7) is 16.0. The maximum atomic E-state index is 4.22. The lowest BCUT2D eigenvalue weighted by Gasteiger charge is -2.05. The lowest BCUT2D eigenvalue weighted by atomic mass is 10.0. The van der Waals surface area contributed by atoms with Crippen molar-refractivity contribution in [3.63, 3.8) is 0 Å². The average Bonchev–Trinajstić information content (AvgIpc) is 2.35. The van der Waals surface area contributed by atoms with Crippen LogP contribution in [0.1, 0.15) is 57.9 Å². The van der Waals surface area contributed by atoms with Crippen molar-refractivity contribution in [3.05, 3.63) is 35.7 Å². The van der Waals surface area contributed by atoms with E-state index in [0.717, 1.165) is 12.1 Å². The molecule has 0 aliphatic rings. The fraction of sp³-hybridized carbons (Fsp3) is 0.533. The molecule has 1 heterocycles. The molecule has 0 amide bonds. The van der Waals surface area contributed by atoms with Crippen molar-refractivity contribution < 1.29 is 0 Å². The summed E-state index contributed by atoms with van der Waals surface area (Å²) in [6, 6.07) is 2.08. The Hall–Kier alpha value is -1.11. The maximum Gasteiger partial charge on any atom is 0.0447 e. The molecule has 1 heteroatoms. The molecule has 0 N–H and O–H groups in total. The summed E-state index contributed by atoms with van der Waals surface area (Å²) in [6.07, 6.45) is 6.05. The molecule has 0 radical (unpaired) electrons. The Labute approximate surface area is 102 Å². The van der Waals surface area contributed by atoms with Crippen molar-refractivity contribution in [2.45, 2.75) is 54.4 Å². The van der Waals surface area contributed by atoms with Gasteiger partial charge in [-0.05, 0) is 30.5 Å². The van der Waals surface area contributed by atoms with E-state index in [-0.39, 0.29) is 0 Å². The third kappa shape index (κ3) is 5.69. The first-order valence-electron chi connectivity index (χ1n) is 6.36. The van der Waals surface area contributed by atoms with Gasteiger partial charge in [0.2, 0.25) is 0 Å². The zero-order chi connectivity index (χ0) is 13.0. The number of aromatic nitrogens is 1. The first kappa shape index (κ1) is 17.3. The molecular weight excluding hydrogens is 194 g/mol. The highest BCUT2D eigenvalue weighted by atomic mass is 14.7. The molecule has 0 unspecified atom stereocenters. The van der Waals surface area contributed by atoms with Crippen LogP contribution in [-0.4, -0.2) is 4.98 Å². The quantitative estimate of drug-likeness (QED) is 0.697. The van der Waals surface area contributed by atoms with Crippen LogP contribution < -0.4 is 0 Å². The lowest BCUT2D eigenvalue weighted by molar-refractivity contribution is 0.911. The first-order chi connectivity index (χ1) is 7.79. The van der Waals surface area contributed by atoms with Crippen molar-refractivity contribution >= 4 is 6.08 Å². The van der Waals surface area contributed by atoms with Crippen LogP contribution in [0.5, 0.6) is 0 Å². The molecule has 1 aromatic heterocycles. The van der Waals surface area contributed by atoms with Gasteiger partial charge in [0.15, 0.2) is 0 Å². The van der Waals surface area contributed by atoms with Crippen molar-refractivity contribution in [3.8, 4) is 0 Å². The van der Waals surface area contributed by atoms with E-state index in [9.17, 15) is 0 Å². The Morgan fingerprint density at radius 3 is 2.25 bits per heavy atom. The predicted molar refractivity (Wildman–Crippen MR) is 75.8 cm³/mol. The third-order valence-corrected chi connectivity index (χ3v) is 2.00. The summed E-state index contributed by atoms with van der Waals surface area (Å²) in [5.41, 5.74) is 3.65. The Balaban J connectivity index is 0. The van der Waals surface area contributed by atoms with Gasteiger partial charge in [0.05, 0.1) is 0 Å². The summed E-state index contributed by atoms with van der Waals surface area (Å²) in [5, 5.41) is 0. The van der Waals surface area contributed by atoms with Crippen LogP contribution in [0.25, 0.3) is 6.08 Å². The number of rotatable bonds is 3. The predicted octanol–water partition coefficient (Wildman–Crippen LogP) is 5.04. The highest BCUT2D eigenvalue weighted by molar-refractivity contribution is 5.53. The molecule has 1 aromatic rings. The highest BCUT2D eigenvalue weighted by Gasteiger charge is 2.00. The molecule has 0 atom stereocenters. The number of hydrogen-bond acceptors (Lipinski definition) is 1. The summed E-state index contributed by atoms with van der Waals surface area (Å²) < 4.78 is 0. The minimum Gasteiger partial charge on any atom is -0.261 e. The molecule has 16 heavy (non-hydrogen) atoms. The largest absolute Gasteiger partial charge is 0.261 e. The second kappa shape index (κ2) is 12.0. The molecule has 0 spiro atoms. The van der Waals surface area contributed by atoms with Gasteiger partial charge >= 0.3 is 0 Å². The van der Waals surface area contributed by atoms with Gasteiger partial charge in [-0.15, -0.1) is 0 Å². The number of pyridine rings is 1. The number of nitrogens with zero attached hydrogens (tertiary/aromatic N) is 1. The van der Waals surface area contributed by atoms with Crippen molar-refractivity contribution in [2.75, 3.05) is 0 Å². The normalized spacial score (nSPS) is 8.12. The van der Waals surface area contributed by atoms with Gasteiger partial charge in [-0.3, -0.25) is 4.98 Å². The topological polar surface area (TPSA) is 12.9 Å². The smallest absolute Gasteiger partial charge is 0.0447 e. The first-order valence-corrected chi connectivity index (χ1v) is 6.36. The van der Waals surface area contributed by atoms with Crippen LogP contribution in [0, 0.1) is 6.92 Å². The summed E-state index contributed by atoms with van der Waals surface area (Å²) in [7, 11) is 0. The van der Waals surface area contributed by atoms with Crippen LogP contribution in [-0.2, 0) is 6.42 Å². The van der Waals surface area contributed by atoms with Gasteiger partial charge in [0.25, 0.3) is 0 Å². The molecule has 0 aliphatic carbocycles. The van der Waals surface area contributed by atoms with E-state index in [1.54, 1.807) is 0 Å². The molecule has 0 fully saturated rings. The highest BCUT2D eigenvalue weighted by Crippen LogP contribution is 2.14. The van der Waals surface area contributed by atoms with Crippen molar-refractivity contribution in [2.24, 2.45) is 0 Å². The van der Waals surface area contributed by atoms with Crippen molar-refractivity contribution in [1.29, 1.82) is 0 Å². The van der Waals surface area contributed by atoms with Crippen LogP contribution in [0.15, 0.2) is 18.8 Å². The molecule has 92 valence electrons. The Kier molecular flexibility index (Phi) is 12.9. The van der Waals surface area contributed by atoms with Crippen LogP contribution in [0.3, 0.4) is 0 Å². The van der Waals surface area contributed by atoms with Gasteiger partial charge in [0.1, 0.15) is 0 Å². The van der Waals surface area contributed by atoms with E-state index in [0.29, 0.717) is 0 Å². The monoisotopic (exact) mass is 221 g/mol. The van der Waals surface area contributed by atoms with Crippen molar-refractivity contribution in [1.82, 2.24) is 4.98 Å². The summed E-state index contributed by atoms with van der Waals surface area (Å²) in [5.74, 6) is 0. The molecular formula is C15H27N. The van der Waals surface area contributed by atoms with E-state index >= 15 is 0 Å². The van der Waals surface area contributed by atoms with Crippen LogP contribution >= 0.6 is 0 Å². The van der Waals surface area contributed by atoms with Crippen LogP contribution in [0.4, 0.5) is 0 Å². The molecule has 0 saturated heterocycles. The Bertz CT molecular complexity index is 277. The summed E-state index contributed by atoms with van der Waals surface area (Å²) >= 11 is 0. The maximum absolute atomic E-state index is 4.22. The Morgan fingerprint density at radius 2 is 1.81 bits per heavy atom. The van der Waals surface area contributed by atoms with E-state index in [1.807, 2.05) is 46.9 Å². The van der Waals surface area contributed by atoms with E-state index in [1.165, 1.54) is 17.5 Å². The van der Waals surface area contributed by atoms with E-state index in [2.05, 4.69) is 24.6 Å². The Morgan fingerprint density at radius 1 is 1.25 bits per heavy atom. The second-order valence-corrected chi connectivity index (χ2v) is 2.92. The minimum absolute atomic E-state index is 1.08. The average molecular weight is 221 g/mol. The summed E-state index contributed by atoms with van der Waals surface area (Å²) in [4.78, 5) is 4.22. The van der Waals surface area contributed by atoms with E-state index in [4.69, 9.17) is 0 Å². The zero-order valence-corrected chi connectivity index (χ0v) is 11.8. The number of aryl methyl sites for hydroxylation is 2. The van der Waals surface area contributed by atoms with Gasteiger partial charge in [-0.1, -0.05) is 53.7 Å². The standard InChI is InChI=1S/C11H15N.2C2H6/c1-4-6-10-7-8-12-9(3)11(10)5-2;2*1-2/h5,7-8H,2,4,6H2,1,3H3;2*1-2H3. The van der Waals surface area contributed by atoms with Gasteiger partial charge in [-0.25, -0.2) is 0 Å². The van der Waals surface area contributed by atoms with Gasteiger partial charge in [0, 0.05) is 11.9 Å². The number of hydrogen-bond donors (Lipinski definition) is 0. The molecule has 1 rings (SSSR count). The van der Waals surface area contributed by atoms with Gasteiger partial charge in [-0.2, -0.15) is 0 Å². The minimum atomic E-state index is 1.08. The molecule has 0 saturated carbocycles. The van der Waals surface area contributed by atoms with Crippen LogP contribution in [0.2, 0.25) is 0 Å². The SMILES string of the molecule is C=Cc1c(CCC)ccnc1C.CC.CC.